The number of aliphatic hydroxyl groups is 1. The van der Waals surface area contributed by atoms with E-state index in [-0.39, 0.29) is 0 Å². The van der Waals surface area contributed by atoms with Crippen LogP contribution in [0.15, 0.2) is 54.6 Å². The molecule has 0 fully saturated rings. The molecule has 0 aliphatic carbocycles. The van der Waals surface area contributed by atoms with Crippen molar-refractivity contribution in [3.05, 3.63) is 60.2 Å². The van der Waals surface area contributed by atoms with Crippen LogP contribution in [0.4, 0.5) is 8.78 Å². The molecule has 124 valence electrons. The van der Waals surface area contributed by atoms with Gasteiger partial charge in [-0.05, 0) is 41.9 Å². The normalized spacial score (nSPS) is 14.7. The summed E-state index contributed by atoms with van der Waals surface area (Å²) < 4.78 is 26.0. The largest absolute Gasteiger partial charge is 0.384 e. The maximum Gasteiger partial charge on any atom is 0.267 e. The smallest absolute Gasteiger partial charge is 0.267 e. The predicted molar refractivity (Wildman–Crippen MR) is 90.6 cm³/mol. The molecule has 0 aromatic heterocycles. The third-order valence-electron chi connectivity index (χ3n) is 4.89. The summed E-state index contributed by atoms with van der Waals surface area (Å²) in [5.41, 5.74) is 0.520. The van der Waals surface area contributed by atoms with Crippen LogP contribution in [0, 0.1) is 5.41 Å². The van der Waals surface area contributed by atoms with E-state index in [1.54, 1.807) is 13.8 Å². The van der Waals surface area contributed by atoms with Gasteiger partial charge < -0.3 is 5.11 Å². The van der Waals surface area contributed by atoms with Crippen molar-refractivity contribution in [2.45, 2.75) is 45.6 Å². The summed E-state index contributed by atoms with van der Waals surface area (Å²) in [5.74, 6) is 0. The molecule has 23 heavy (non-hydrogen) atoms. The minimum absolute atomic E-state index is 0.495. The van der Waals surface area contributed by atoms with E-state index in [9.17, 15) is 13.9 Å². The molecule has 2 aromatic carbocycles. The van der Waals surface area contributed by atoms with Gasteiger partial charge in [0.2, 0.25) is 0 Å². The van der Waals surface area contributed by atoms with Crippen molar-refractivity contribution in [3.63, 3.8) is 0 Å². The van der Waals surface area contributed by atoms with Gasteiger partial charge in [0.05, 0.1) is 0 Å². The highest BCUT2D eigenvalue weighted by molar-refractivity contribution is 5.63. The molecule has 2 rings (SSSR count). The minimum Gasteiger partial charge on any atom is -0.384 e. The van der Waals surface area contributed by atoms with Crippen molar-refractivity contribution in [2.24, 2.45) is 5.41 Å². The molecule has 0 saturated carbocycles. The van der Waals surface area contributed by atoms with Crippen molar-refractivity contribution in [1.29, 1.82) is 0 Å². The molecule has 0 radical (unpaired) electrons. The molecule has 1 unspecified atom stereocenters. The summed E-state index contributed by atoms with van der Waals surface area (Å²) in [5, 5.41) is 10.0. The Kier molecular flexibility index (Phi) is 5.20. The lowest BCUT2D eigenvalue weighted by molar-refractivity contribution is -0.154. The molecule has 0 bridgehead atoms. The van der Waals surface area contributed by atoms with Gasteiger partial charge in [-0.2, -0.15) is 0 Å². The van der Waals surface area contributed by atoms with Crippen LogP contribution in [-0.4, -0.2) is 17.1 Å². The molecular formula is C20H24F2O. The molecule has 0 spiro atoms. The zero-order valence-corrected chi connectivity index (χ0v) is 13.9. The summed E-state index contributed by atoms with van der Waals surface area (Å²) in [7, 11) is 0. The van der Waals surface area contributed by atoms with Crippen LogP contribution in [-0.2, 0) is 6.42 Å². The molecule has 0 heterocycles. The van der Waals surface area contributed by atoms with Crippen molar-refractivity contribution >= 4 is 0 Å². The van der Waals surface area contributed by atoms with Crippen LogP contribution < -0.4 is 0 Å². The molecule has 3 heteroatoms. The van der Waals surface area contributed by atoms with E-state index in [4.69, 9.17) is 0 Å². The van der Waals surface area contributed by atoms with Gasteiger partial charge in [0.1, 0.15) is 5.60 Å². The number of hydrogen-bond acceptors (Lipinski definition) is 1. The molecule has 1 atom stereocenters. The van der Waals surface area contributed by atoms with Crippen LogP contribution in [0.25, 0.3) is 11.1 Å². The Morgan fingerprint density at radius 1 is 0.870 bits per heavy atom. The maximum atomic E-state index is 13.0. The van der Waals surface area contributed by atoms with Crippen molar-refractivity contribution in [3.8, 4) is 11.1 Å². The Balaban J connectivity index is 2.05. The summed E-state index contributed by atoms with van der Waals surface area (Å²) in [6.45, 7) is 4.60. The predicted octanol–water partition coefficient (Wildman–Crippen LogP) is 5.33. The number of alkyl halides is 2. The second kappa shape index (κ2) is 6.79. The van der Waals surface area contributed by atoms with Gasteiger partial charge in [-0.3, -0.25) is 0 Å². The van der Waals surface area contributed by atoms with E-state index in [2.05, 4.69) is 12.1 Å². The first-order chi connectivity index (χ1) is 10.7. The van der Waals surface area contributed by atoms with Crippen molar-refractivity contribution in [2.75, 3.05) is 0 Å². The Labute approximate surface area is 137 Å². The van der Waals surface area contributed by atoms with Crippen LogP contribution in [0.1, 0.15) is 32.8 Å². The van der Waals surface area contributed by atoms with E-state index >= 15 is 0 Å². The van der Waals surface area contributed by atoms with E-state index in [1.807, 2.05) is 42.5 Å². The summed E-state index contributed by atoms with van der Waals surface area (Å²) in [6, 6.07) is 18.2. The van der Waals surface area contributed by atoms with Gasteiger partial charge in [-0.15, -0.1) is 0 Å². The molecule has 1 N–H and O–H groups in total. The quantitative estimate of drug-likeness (QED) is 0.763. The van der Waals surface area contributed by atoms with Gasteiger partial charge >= 0.3 is 0 Å². The average Bonchev–Trinajstić information content (AvgIpc) is 2.54. The van der Waals surface area contributed by atoms with E-state index in [0.29, 0.717) is 12.8 Å². The third-order valence-corrected chi connectivity index (χ3v) is 4.89. The first-order valence-electron chi connectivity index (χ1n) is 7.89. The maximum absolute atomic E-state index is 13.0. The molecule has 0 aliphatic rings. The fourth-order valence-corrected chi connectivity index (χ4v) is 2.50. The van der Waals surface area contributed by atoms with Gasteiger partial charge in [-0.1, -0.05) is 68.4 Å². The number of halogens is 2. The van der Waals surface area contributed by atoms with E-state index in [0.717, 1.165) is 16.7 Å². The zero-order valence-electron chi connectivity index (χ0n) is 13.9. The van der Waals surface area contributed by atoms with Gasteiger partial charge in [0.25, 0.3) is 6.43 Å². The van der Waals surface area contributed by atoms with E-state index < -0.39 is 17.4 Å². The average molecular weight is 318 g/mol. The van der Waals surface area contributed by atoms with Gasteiger partial charge in [0, 0.05) is 0 Å². The Morgan fingerprint density at radius 2 is 1.39 bits per heavy atom. The number of hydrogen-bond donors (Lipinski definition) is 1. The Hall–Kier alpha value is -1.74. The SMILES string of the molecule is CC(C)(CCc1ccc(-c2ccccc2)cc1)C(C)(O)C(F)F. The standard InChI is InChI=1S/C20H24F2O/c1-19(2,20(3,23)18(21)22)14-13-15-9-11-17(12-10-15)16-7-5-4-6-8-16/h4-12,18,23H,13-14H2,1-3H3. The van der Waals surface area contributed by atoms with Gasteiger partial charge in [0.15, 0.2) is 0 Å². The third kappa shape index (κ3) is 3.97. The Morgan fingerprint density at radius 3 is 1.91 bits per heavy atom. The van der Waals surface area contributed by atoms with Crippen LogP contribution in [0.3, 0.4) is 0 Å². The highest BCUT2D eigenvalue weighted by atomic mass is 19.3. The topological polar surface area (TPSA) is 20.2 Å². The second-order valence-corrected chi connectivity index (χ2v) is 6.90. The molecule has 0 amide bonds. The fraction of sp³-hybridized carbons (Fsp3) is 0.400. The fourth-order valence-electron chi connectivity index (χ4n) is 2.50. The summed E-state index contributed by atoms with van der Waals surface area (Å²) >= 11 is 0. The van der Waals surface area contributed by atoms with Crippen LogP contribution >= 0.6 is 0 Å². The number of aryl methyl sites for hydroxylation is 1. The zero-order chi connectivity index (χ0) is 17.1. The lowest BCUT2D eigenvalue weighted by Crippen LogP contribution is -2.48. The van der Waals surface area contributed by atoms with Crippen LogP contribution in [0.2, 0.25) is 0 Å². The van der Waals surface area contributed by atoms with E-state index in [1.165, 1.54) is 6.92 Å². The Bertz CT molecular complexity index is 616. The number of rotatable bonds is 6. The summed E-state index contributed by atoms with van der Waals surface area (Å²) in [6.07, 6.45) is -1.60. The lowest BCUT2D eigenvalue weighted by atomic mass is 9.72. The molecule has 2 aromatic rings. The van der Waals surface area contributed by atoms with Gasteiger partial charge in [-0.25, -0.2) is 8.78 Å². The lowest BCUT2D eigenvalue weighted by Gasteiger charge is -2.39. The monoisotopic (exact) mass is 318 g/mol. The molecule has 1 nitrogen and oxygen atoms in total. The summed E-state index contributed by atoms with van der Waals surface area (Å²) in [4.78, 5) is 0. The highest BCUT2D eigenvalue weighted by Crippen LogP contribution is 2.39. The highest BCUT2D eigenvalue weighted by Gasteiger charge is 2.46. The first kappa shape index (κ1) is 17.6. The van der Waals surface area contributed by atoms with Crippen molar-refractivity contribution < 1.29 is 13.9 Å². The second-order valence-electron chi connectivity index (χ2n) is 6.90. The van der Waals surface area contributed by atoms with Crippen LogP contribution in [0.5, 0.6) is 0 Å². The van der Waals surface area contributed by atoms with Crippen molar-refractivity contribution in [1.82, 2.24) is 0 Å². The molecular weight excluding hydrogens is 294 g/mol. The number of benzene rings is 2. The minimum atomic E-state index is -2.75. The first-order valence-corrected chi connectivity index (χ1v) is 7.89. The molecule has 0 saturated heterocycles. The molecule has 0 aliphatic heterocycles.